The van der Waals surface area contributed by atoms with E-state index in [1.165, 1.54) is 109 Å². The van der Waals surface area contributed by atoms with Crippen molar-refractivity contribution in [3.8, 4) is 6.07 Å². The van der Waals surface area contributed by atoms with E-state index in [4.69, 9.17) is 10.00 Å². The van der Waals surface area contributed by atoms with Crippen LogP contribution in [0.15, 0.2) is 0 Å². The minimum atomic E-state index is -0.380. The number of carbonyl (C=O) groups excluding carboxylic acids is 1. The number of hydrogen-bond acceptors (Lipinski definition) is 3. The predicted octanol–water partition coefficient (Wildman–Crippen LogP) is 7.53. The van der Waals surface area contributed by atoms with Gasteiger partial charge >= 0.3 is 0 Å². The Morgan fingerprint density at radius 3 is 1.68 bits per heavy atom. The zero-order valence-corrected chi connectivity index (χ0v) is 18.3. The highest BCUT2D eigenvalue weighted by Crippen LogP contribution is 2.20. The van der Waals surface area contributed by atoms with E-state index in [0.717, 1.165) is 32.2 Å². The third-order valence-electron chi connectivity index (χ3n) is 6.15. The zero-order valence-electron chi connectivity index (χ0n) is 18.3. The molecule has 0 amide bonds. The first-order valence-electron chi connectivity index (χ1n) is 12.3. The molecule has 0 N–H and O–H groups in total. The normalized spacial score (nSPS) is 16.0. The lowest BCUT2D eigenvalue weighted by Crippen LogP contribution is -2.17. The Balaban J connectivity index is 1.68. The molecule has 1 aliphatic rings. The summed E-state index contributed by atoms with van der Waals surface area (Å²) in [5.41, 5.74) is 0. The molecule has 1 unspecified atom stereocenters. The van der Waals surface area contributed by atoms with Gasteiger partial charge in [-0.3, -0.25) is 0 Å². The van der Waals surface area contributed by atoms with Crippen molar-refractivity contribution in [2.24, 2.45) is 5.92 Å². The lowest BCUT2D eigenvalue weighted by molar-refractivity contribution is -0.109. The number of carbonyl (C=O) groups is 1. The van der Waals surface area contributed by atoms with E-state index in [1.54, 1.807) is 0 Å². The minimum absolute atomic E-state index is 0.380. The Labute approximate surface area is 174 Å². The van der Waals surface area contributed by atoms with Gasteiger partial charge in [0.05, 0.1) is 12.2 Å². The van der Waals surface area contributed by atoms with Crippen LogP contribution < -0.4 is 0 Å². The van der Waals surface area contributed by atoms with Crippen LogP contribution in [0.5, 0.6) is 0 Å². The van der Waals surface area contributed by atoms with Gasteiger partial charge in [-0.05, 0) is 25.7 Å². The molecule has 1 rings (SSSR count). The number of nitrogens with zero attached hydrogens (tertiary/aromatic N) is 1. The summed E-state index contributed by atoms with van der Waals surface area (Å²) >= 11 is 0. The largest absolute Gasteiger partial charge is 0.378 e. The van der Waals surface area contributed by atoms with Crippen molar-refractivity contribution >= 4 is 6.29 Å². The molecule has 0 aromatic carbocycles. The molecule has 0 aliphatic heterocycles. The molecule has 3 heteroatoms. The first kappa shape index (κ1) is 25.2. The highest BCUT2D eigenvalue weighted by atomic mass is 16.5. The molecule has 0 saturated heterocycles. The van der Waals surface area contributed by atoms with Crippen LogP contribution in [0.1, 0.15) is 128 Å². The quantitative estimate of drug-likeness (QED) is 0.169. The van der Waals surface area contributed by atoms with Crippen molar-refractivity contribution in [2.45, 2.75) is 135 Å². The fourth-order valence-electron chi connectivity index (χ4n) is 4.23. The third kappa shape index (κ3) is 15.1. The van der Waals surface area contributed by atoms with Gasteiger partial charge in [-0.1, -0.05) is 103 Å². The summed E-state index contributed by atoms with van der Waals surface area (Å²) in [6.07, 6.45) is 27.3. The Morgan fingerprint density at radius 2 is 1.21 bits per heavy atom. The van der Waals surface area contributed by atoms with Crippen LogP contribution in [0.2, 0.25) is 0 Å². The van der Waals surface area contributed by atoms with Crippen LogP contribution in [-0.2, 0) is 9.53 Å². The number of rotatable bonds is 19. The molecule has 0 heterocycles. The molecule has 28 heavy (non-hydrogen) atoms. The zero-order chi connectivity index (χ0) is 20.1. The molecule has 0 spiro atoms. The molecule has 0 aromatic rings. The second-order valence-corrected chi connectivity index (χ2v) is 8.74. The molecule has 162 valence electrons. The van der Waals surface area contributed by atoms with Gasteiger partial charge < -0.3 is 9.53 Å². The summed E-state index contributed by atoms with van der Waals surface area (Å²) in [5, 5.41) is 8.71. The van der Waals surface area contributed by atoms with Gasteiger partial charge in [0.1, 0.15) is 12.2 Å². The summed E-state index contributed by atoms with van der Waals surface area (Å²) in [5.74, 6) is -0.380. The Hall–Kier alpha value is -0.880. The number of ether oxygens (including phenoxy) is 1. The summed E-state index contributed by atoms with van der Waals surface area (Å²) < 4.78 is 5.99. The molecule has 3 nitrogen and oxygen atoms in total. The van der Waals surface area contributed by atoms with Crippen LogP contribution in [0.3, 0.4) is 0 Å². The van der Waals surface area contributed by atoms with Crippen molar-refractivity contribution in [2.75, 3.05) is 6.61 Å². The van der Waals surface area contributed by atoms with Gasteiger partial charge in [-0.15, -0.1) is 0 Å². The van der Waals surface area contributed by atoms with E-state index >= 15 is 0 Å². The summed E-state index contributed by atoms with van der Waals surface area (Å²) in [6, 6.07) is 2.04. The van der Waals surface area contributed by atoms with E-state index in [-0.39, 0.29) is 5.92 Å². The van der Waals surface area contributed by atoms with E-state index in [1.807, 2.05) is 6.07 Å². The topological polar surface area (TPSA) is 50.1 Å². The molecule has 1 atom stereocenters. The van der Waals surface area contributed by atoms with E-state index in [2.05, 4.69) is 0 Å². The fourth-order valence-corrected chi connectivity index (χ4v) is 4.23. The van der Waals surface area contributed by atoms with Gasteiger partial charge in [0.2, 0.25) is 0 Å². The molecule has 1 fully saturated rings. The van der Waals surface area contributed by atoms with Crippen molar-refractivity contribution in [3.05, 3.63) is 0 Å². The van der Waals surface area contributed by atoms with Crippen LogP contribution in [-0.4, -0.2) is 19.0 Å². The molecule has 0 radical (unpaired) electrons. The predicted molar refractivity (Wildman–Crippen MR) is 117 cm³/mol. The van der Waals surface area contributed by atoms with E-state index in [0.29, 0.717) is 6.10 Å². The maximum atomic E-state index is 10.6. The summed E-state index contributed by atoms with van der Waals surface area (Å²) in [6.45, 7) is 0.987. The molecular formula is C25H45NO2. The van der Waals surface area contributed by atoms with E-state index in [9.17, 15) is 4.79 Å². The number of aldehydes is 1. The number of hydrogen-bond donors (Lipinski definition) is 0. The second-order valence-electron chi connectivity index (χ2n) is 8.74. The average Bonchev–Trinajstić information content (AvgIpc) is 2.74. The van der Waals surface area contributed by atoms with Crippen molar-refractivity contribution in [1.29, 1.82) is 5.26 Å². The first-order valence-corrected chi connectivity index (χ1v) is 12.3. The van der Waals surface area contributed by atoms with Gasteiger partial charge in [-0.2, -0.15) is 5.26 Å². The Kier molecular flexibility index (Phi) is 17.5. The SMILES string of the molecule is N#CC(C=O)CCCCCCCCCCCCCCCCOC1CCCCC1. The Morgan fingerprint density at radius 1 is 0.750 bits per heavy atom. The Bertz CT molecular complexity index is 384. The van der Waals surface area contributed by atoms with Crippen LogP contribution >= 0.6 is 0 Å². The maximum absolute atomic E-state index is 10.6. The molecular weight excluding hydrogens is 346 g/mol. The summed E-state index contributed by atoms with van der Waals surface area (Å²) in [7, 11) is 0. The van der Waals surface area contributed by atoms with Gasteiger partial charge in [-0.25, -0.2) is 0 Å². The third-order valence-corrected chi connectivity index (χ3v) is 6.15. The summed E-state index contributed by atoms with van der Waals surface area (Å²) in [4.78, 5) is 10.6. The number of nitriles is 1. The lowest BCUT2D eigenvalue weighted by atomic mass is 9.98. The van der Waals surface area contributed by atoms with Gasteiger partial charge in [0.25, 0.3) is 0 Å². The second kappa shape index (κ2) is 19.4. The highest BCUT2D eigenvalue weighted by molar-refractivity contribution is 5.57. The molecule has 1 aliphatic carbocycles. The minimum Gasteiger partial charge on any atom is -0.378 e. The fraction of sp³-hybridized carbons (Fsp3) is 0.920. The molecule has 0 aromatic heterocycles. The van der Waals surface area contributed by atoms with Crippen LogP contribution in [0.25, 0.3) is 0 Å². The van der Waals surface area contributed by atoms with Crippen LogP contribution in [0.4, 0.5) is 0 Å². The maximum Gasteiger partial charge on any atom is 0.137 e. The van der Waals surface area contributed by atoms with Gasteiger partial charge in [0, 0.05) is 6.61 Å². The molecule has 1 saturated carbocycles. The molecule has 0 bridgehead atoms. The van der Waals surface area contributed by atoms with Crippen molar-refractivity contribution in [3.63, 3.8) is 0 Å². The van der Waals surface area contributed by atoms with Gasteiger partial charge in [0.15, 0.2) is 0 Å². The first-order chi connectivity index (χ1) is 13.9. The van der Waals surface area contributed by atoms with Crippen LogP contribution in [0, 0.1) is 17.2 Å². The number of unbranched alkanes of at least 4 members (excludes halogenated alkanes) is 13. The van der Waals surface area contributed by atoms with E-state index < -0.39 is 0 Å². The average molecular weight is 392 g/mol. The monoisotopic (exact) mass is 391 g/mol. The highest BCUT2D eigenvalue weighted by Gasteiger charge is 2.12. The lowest BCUT2D eigenvalue weighted by Gasteiger charge is -2.21. The smallest absolute Gasteiger partial charge is 0.137 e. The van der Waals surface area contributed by atoms with Crippen molar-refractivity contribution in [1.82, 2.24) is 0 Å². The van der Waals surface area contributed by atoms with Crippen molar-refractivity contribution < 1.29 is 9.53 Å². The standard InChI is InChI=1S/C25H45NO2/c26-22-24(23-27)18-14-11-9-7-5-3-1-2-4-6-8-10-12-17-21-28-25-19-15-13-16-20-25/h23-25H,1-21H2.